The lowest BCUT2D eigenvalue weighted by Gasteiger charge is -2.21. The summed E-state index contributed by atoms with van der Waals surface area (Å²) < 4.78 is 0. The summed E-state index contributed by atoms with van der Waals surface area (Å²) in [4.78, 5) is 0. The van der Waals surface area contributed by atoms with E-state index in [0.717, 1.165) is 10.7 Å². The van der Waals surface area contributed by atoms with Crippen LogP contribution in [-0.4, -0.2) is 0 Å². The van der Waals surface area contributed by atoms with Gasteiger partial charge in [0, 0.05) is 16.8 Å². The molecule has 2 aromatic rings. The summed E-state index contributed by atoms with van der Waals surface area (Å²) in [7, 11) is 0. The Kier molecular flexibility index (Phi) is 4.16. The Labute approximate surface area is 120 Å². The smallest absolute Gasteiger partial charge is 0.0490 e. The molecular formula is C17H20ClN. The van der Waals surface area contributed by atoms with E-state index in [9.17, 15) is 0 Å². The van der Waals surface area contributed by atoms with Crippen molar-refractivity contribution in [3.63, 3.8) is 0 Å². The molecule has 0 radical (unpaired) electrons. The van der Waals surface area contributed by atoms with E-state index in [-0.39, 0.29) is 6.04 Å². The number of rotatable bonds is 3. The molecule has 0 saturated carbocycles. The Morgan fingerprint density at radius 1 is 1.00 bits per heavy atom. The van der Waals surface area contributed by atoms with Gasteiger partial charge in [0.2, 0.25) is 0 Å². The quantitative estimate of drug-likeness (QED) is 0.785. The van der Waals surface area contributed by atoms with Crippen LogP contribution in [0, 0.1) is 20.8 Å². The molecule has 0 saturated heterocycles. The fourth-order valence-electron chi connectivity index (χ4n) is 2.77. The molecule has 1 unspecified atom stereocenters. The topological polar surface area (TPSA) is 12.0 Å². The number of hydrogen-bond donors (Lipinski definition) is 1. The van der Waals surface area contributed by atoms with E-state index in [4.69, 9.17) is 11.6 Å². The maximum atomic E-state index is 6.02. The van der Waals surface area contributed by atoms with E-state index < -0.39 is 0 Å². The second-order valence-electron chi connectivity index (χ2n) is 5.19. The molecule has 2 rings (SSSR count). The van der Waals surface area contributed by atoms with Crippen molar-refractivity contribution in [2.24, 2.45) is 0 Å². The van der Waals surface area contributed by atoms with Gasteiger partial charge in [-0.1, -0.05) is 35.4 Å². The molecule has 2 aromatic carbocycles. The summed E-state index contributed by atoms with van der Waals surface area (Å²) in [6, 6.07) is 12.6. The summed E-state index contributed by atoms with van der Waals surface area (Å²) in [5.74, 6) is 0. The lowest BCUT2D eigenvalue weighted by Crippen LogP contribution is -2.10. The van der Waals surface area contributed by atoms with Crippen molar-refractivity contribution in [2.45, 2.75) is 33.7 Å². The molecule has 0 amide bonds. The molecule has 0 aliphatic heterocycles. The van der Waals surface area contributed by atoms with Gasteiger partial charge in [0.15, 0.2) is 0 Å². The number of halogens is 1. The Morgan fingerprint density at radius 3 is 2.21 bits per heavy atom. The fourth-order valence-corrected chi connectivity index (χ4v) is 2.96. The highest BCUT2D eigenvalue weighted by molar-refractivity contribution is 6.30. The summed E-state index contributed by atoms with van der Waals surface area (Å²) in [5.41, 5.74) is 6.40. The van der Waals surface area contributed by atoms with Crippen molar-refractivity contribution in [3.8, 4) is 0 Å². The zero-order chi connectivity index (χ0) is 14.0. The third kappa shape index (κ3) is 3.30. The first-order valence-electron chi connectivity index (χ1n) is 6.57. The molecule has 0 aliphatic carbocycles. The van der Waals surface area contributed by atoms with Gasteiger partial charge in [0.25, 0.3) is 0 Å². The third-order valence-electron chi connectivity index (χ3n) is 3.38. The SMILES string of the molecule is Cc1cc(C)c(C(C)Nc2cccc(Cl)c2)c(C)c1. The van der Waals surface area contributed by atoms with Crippen LogP contribution in [0.15, 0.2) is 36.4 Å². The lowest BCUT2D eigenvalue weighted by molar-refractivity contribution is 0.862. The van der Waals surface area contributed by atoms with E-state index in [2.05, 4.69) is 45.1 Å². The normalized spacial score (nSPS) is 12.3. The largest absolute Gasteiger partial charge is 0.378 e. The second-order valence-corrected chi connectivity index (χ2v) is 5.63. The van der Waals surface area contributed by atoms with Crippen LogP contribution < -0.4 is 5.32 Å². The zero-order valence-electron chi connectivity index (χ0n) is 11.9. The maximum absolute atomic E-state index is 6.02. The van der Waals surface area contributed by atoms with Crippen molar-refractivity contribution in [3.05, 3.63) is 63.7 Å². The molecule has 0 aliphatic rings. The van der Waals surface area contributed by atoms with Gasteiger partial charge in [-0.05, 0) is 62.6 Å². The average molecular weight is 274 g/mol. The molecule has 1 N–H and O–H groups in total. The Bertz CT molecular complexity index is 567. The molecule has 100 valence electrons. The van der Waals surface area contributed by atoms with Gasteiger partial charge < -0.3 is 5.32 Å². The summed E-state index contributed by atoms with van der Waals surface area (Å²) in [5, 5.41) is 4.27. The van der Waals surface area contributed by atoms with Crippen LogP contribution in [0.2, 0.25) is 5.02 Å². The van der Waals surface area contributed by atoms with Gasteiger partial charge in [0.05, 0.1) is 0 Å². The van der Waals surface area contributed by atoms with Crippen molar-refractivity contribution in [1.29, 1.82) is 0 Å². The minimum atomic E-state index is 0.263. The van der Waals surface area contributed by atoms with Crippen LogP contribution in [0.25, 0.3) is 0 Å². The van der Waals surface area contributed by atoms with E-state index in [1.54, 1.807) is 0 Å². The predicted molar refractivity (Wildman–Crippen MR) is 84.1 cm³/mol. The van der Waals surface area contributed by atoms with Crippen LogP contribution >= 0.6 is 11.6 Å². The van der Waals surface area contributed by atoms with Crippen molar-refractivity contribution >= 4 is 17.3 Å². The van der Waals surface area contributed by atoms with Gasteiger partial charge in [-0.15, -0.1) is 0 Å². The summed E-state index contributed by atoms with van der Waals surface area (Å²) in [6.45, 7) is 8.67. The first-order valence-corrected chi connectivity index (χ1v) is 6.95. The zero-order valence-corrected chi connectivity index (χ0v) is 12.7. The van der Waals surface area contributed by atoms with Crippen LogP contribution in [0.5, 0.6) is 0 Å². The highest BCUT2D eigenvalue weighted by Gasteiger charge is 2.11. The second kappa shape index (κ2) is 5.66. The molecule has 2 heteroatoms. The van der Waals surface area contributed by atoms with Gasteiger partial charge in [-0.3, -0.25) is 0 Å². The molecule has 0 bridgehead atoms. The maximum Gasteiger partial charge on any atom is 0.0490 e. The van der Waals surface area contributed by atoms with Crippen LogP contribution in [-0.2, 0) is 0 Å². The minimum Gasteiger partial charge on any atom is -0.378 e. The molecule has 19 heavy (non-hydrogen) atoms. The molecule has 0 fully saturated rings. The van der Waals surface area contributed by atoms with Crippen LogP contribution in [0.1, 0.15) is 35.2 Å². The highest BCUT2D eigenvalue weighted by Crippen LogP contribution is 2.27. The van der Waals surface area contributed by atoms with E-state index >= 15 is 0 Å². The molecule has 0 heterocycles. The number of aryl methyl sites for hydroxylation is 3. The molecular weight excluding hydrogens is 254 g/mol. The van der Waals surface area contributed by atoms with Gasteiger partial charge >= 0.3 is 0 Å². The fraction of sp³-hybridized carbons (Fsp3) is 0.294. The van der Waals surface area contributed by atoms with Gasteiger partial charge in [-0.25, -0.2) is 0 Å². The highest BCUT2D eigenvalue weighted by atomic mass is 35.5. The Morgan fingerprint density at radius 2 is 1.63 bits per heavy atom. The van der Waals surface area contributed by atoms with Crippen LogP contribution in [0.3, 0.4) is 0 Å². The monoisotopic (exact) mass is 273 g/mol. The third-order valence-corrected chi connectivity index (χ3v) is 3.61. The Balaban J connectivity index is 2.28. The number of benzene rings is 2. The minimum absolute atomic E-state index is 0.263. The van der Waals surface area contributed by atoms with Gasteiger partial charge in [0.1, 0.15) is 0 Å². The standard InChI is InChI=1S/C17H20ClN/c1-11-8-12(2)17(13(3)9-11)14(4)19-16-7-5-6-15(18)10-16/h5-10,14,19H,1-4H3. The first kappa shape index (κ1) is 14.0. The summed E-state index contributed by atoms with van der Waals surface area (Å²) >= 11 is 6.02. The van der Waals surface area contributed by atoms with E-state index in [0.29, 0.717) is 0 Å². The number of anilines is 1. The lowest BCUT2D eigenvalue weighted by atomic mass is 9.95. The first-order chi connectivity index (χ1) is 8.97. The average Bonchev–Trinajstić information content (AvgIpc) is 2.27. The number of hydrogen-bond acceptors (Lipinski definition) is 1. The van der Waals surface area contributed by atoms with Crippen molar-refractivity contribution < 1.29 is 0 Å². The van der Waals surface area contributed by atoms with Gasteiger partial charge in [-0.2, -0.15) is 0 Å². The predicted octanol–water partition coefficient (Wildman–Crippen LogP) is 5.44. The number of nitrogens with one attached hydrogen (secondary N) is 1. The summed E-state index contributed by atoms with van der Waals surface area (Å²) in [6.07, 6.45) is 0. The van der Waals surface area contributed by atoms with Crippen molar-refractivity contribution in [1.82, 2.24) is 0 Å². The molecule has 0 aromatic heterocycles. The Hall–Kier alpha value is -1.47. The van der Waals surface area contributed by atoms with E-state index in [1.165, 1.54) is 22.3 Å². The van der Waals surface area contributed by atoms with Crippen molar-refractivity contribution in [2.75, 3.05) is 5.32 Å². The molecule has 1 nitrogen and oxygen atoms in total. The molecule has 1 atom stereocenters. The molecule has 0 spiro atoms. The van der Waals surface area contributed by atoms with Crippen LogP contribution in [0.4, 0.5) is 5.69 Å². The van der Waals surface area contributed by atoms with E-state index in [1.807, 2.05) is 24.3 Å².